The molecule has 16 heavy (non-hydrogen) atoms. The Balaban J connectivity index is 2.58. The molecule has 1 aromatic rings. The minimum Gasteiger partial charge on any atom is -0.479 e. The van der Waals surface area contributed by atoms with E-state index in [1.54, 1.807) is 0 Å². The Morgan fingerprint density at radius 2 is 1.94 bits per heavy atom. The summed E-state index contributed by atoms with van der Waals surface area (Å²) in [6, 6.07) is 9.29. The van der Waals surface area contributed by atoms with E-state index < -0.39 is 18.2 Å². The van der Waals surface area contributed by atoms with Crippen molar-refractivity contribution in [2.24, 2.45) is 0 Å². The number of hydrogen-bond donors (Lipinski definition) is 2. The van der Waals surface area contributed by atoms with Crippen LogP contribution < -0.4 is 0 Å². The SMILES string of the molecule is CC(CC(O)C(F)C(=O)O)c1ccccc1. The predicted octanol–water partition coefficient (Wildman–Crippen LogP) is 1.96. The molecule has 0 aromatic heterocycles. The third kappa shape index (κ3) is 3.31. The lowest BCUT2D eigenvalue weighted by atomic mass is 9.93. The highest BCUT2D eigenvalue weighted by atomic mass is 19.1. The Labute approximate surface area is 93.5 Å². The van der Waals surface area contributed by atoms with Gasteiger partial charge in [-0.1, -0.05) is 37.3 Å². The molecule has 1 rings (SSSR count). The van der Waals surface area contributed by atoms with Crippen LogP contribution in [-0.2, 0) is 4.79 Å². The summed E-state index contributed by atoms with van der Waals surface area (Å²) in [7, 11) is 0. The molecule has 0 aliphatic heterocycles. The Morgan fingerprint density at radius 1 is 1.38 bits per heavy atom. The molecule has 0 saturated heterocycles. The number of carboxylic acids is 1. The lowest BCUT2D eigenvalue weighted by Gasteiger charge is -2.17. The second kappa shape index (κ2) is 5.61. The van der Waals surface area contributed by atoms with Crippen LogP contribution >= 0.6 is 0 Å². The zero-order chi connectivity index (χ0) is 12.1. The predicted molar refractivity (Wildman–Crippen MR) is 58.0 cm³/mol. The molecule has 3 nitrogen and oxygen atoms in total. The van der Waals surface area contributed by atoms with Gasteiger partial charge in [0.15, 0.2) is 0 Å². The van der Waals surface area contributed by atoms with E-state index in [0.29, 0.717) is 0 Å². The van der Waals surface area contributed by atoms with Crippen molar-refractivity contribution in [3.05, 3.63) is 35.9 Å². The fraction of sp³-hybridized carbons (Fsp3) is 0.417. The van der Waals surface area contributed by atoms with E-state index in [4.69, 9.17) is 5.11 Å². The van der Waals surface area contributed by atoms with Crippen molar-refractivity contribution in [1.29, 1.82) is 0 Å². The highest BCUT2D eigenvalue weighted by Crippen LogP contribution is 2.22. The molecule has 0 spiro atoms. The first-order chi connectivity index (χ1) is 7.52. The summed E-state index contributed by atoms with van der Waals surface area (Å²) in [4.78, 5) is 10.3. The number of aliphatic hydroxyl groups excluding tert-OH is 1. The first kappa shape index (κ1) is 12.6. The summed E-state index contributed by atoms with van der Waals surface area (Å²) in [6.45, 7) is 1.83. The minimum absolute atomic E-state index is 0.0752. The zero-order valence-electron chi connectivity index (χ0n) is 9.01. The Kier molecular flexibility index (Phi) is 4.43. The molecule has 88 valence electrons. The number of carboxylic acid groups (broad SMARTS) is 1. The molecular formula is C12H15FO3. The molecule has 3 atom stereocenters. The number of aliphatic carboxylic acids is 1. The maximum atomic E-state index is 12.9. The number of alkyl halides is 1. The smallest absolute Gasteiger partial charge is 0.341 e. The van der Waals surface area contributed by atoms with E-state index in [2.05, 4.69) is 0 Å². The maximum absolute atomic E-state index is 12.9. The minimum atomic E-state index is -2.22. The fourth-order valence-corrected chi connectivity index (χ4v) is 1.56. The van der Waals surface area contributed by atoms with Crippen LogP contribution in [0.5, 0.6) is 0 Å². The monoisotopic (exact) mass is 226 g/mol. The van der Waals surface area contributed by atoms with Crippen LogP contribution in [0.1, 0.15) is 24.8 Å². The molecule has 0 amide bonds. The van der Waals surface area contributed by atoms with Crippen LogP contribution in [0.3, 0.4) is 0 Å². The molecule has 0 radical (unpaired) electrons. The summed E-state index contributed by atoms with van der Waals surface area (Å²) >= 11 is 0. The van der Waals surface area contributed by atoms with Crippen molar-refractivity contribution in [2.45, 2.75) is 31.5 Å². The van der Waals surface area contributed by atoms with Crippen molar-refractivity contribution >= 4 is 5.97 Å². The topological polar surface area (TPSA) is 57.5 Å². The molecule has 0 saturated carbocycles. The summed E-state index contributed by atoms with van der Waals surface area (Å²) < 4.78 is 12.9. The van der Waals surface area contributed by atoms with E-state index in [-0.39, 0.29) is 12.3 Å². The van der Waals surface area contributed by atoms with Gasteiger partial charge in [0.25, 0.3) is 0 Å². The first-order valence-corrected chi connectivity index (χ1v) is 5.12. The maximum Gasteiger partial charge on any atom is 0.341 e. The van der Waals surface area contributed by atoms with Gasteiger partial charge in [-0.05, 0) is 17.9 Å². The molecule has 2 N–H and O–H groups in total. The van der Waals surface area contributed by atoms with Crippen molar-refractivity contribution in [1.82, 2.24) is 0 Å². The highest BCUT2D eigenvalue weighted by molar-refractivity contribution is 5.72. The van der Waals surface area contributed by atoms with E-state index >= 15 is 0 Å². The van der Waals surface area contributed by atoms with Gasteiger partial charge >= 0.3 is 5.97 Å². The molecule has 3 unspecified atom stereocenters. The Bertz CT molecular complexity index is 339. The second-order valence-corrected chi connectivity index (χ2v) is 3.85. The largest absolute Gasteiger partial charge is 0.479 e. The van der Waals surface area contributed by atoms with Crippen molar-refractivity contribution < 1.29 is 19.4 Å². The number of hydrogen-bond acceptors (Lipinski definition) is 2. The van der Waals surface area contributed by atoms with Crippen LogP contribution in [0.2, 0.25) is 0 Å². The zero-order valence-corrected chi connectivity index (χ0v) is 9.01. The van der Waals surface area contributed by atoms with Crippen LogP contribution in [0, 0.1) is 0 Å². The molecule has 1 aromatic carbocycles. The molecule has 4 heteroatoms. The van der Waals surface area contributed by atoms with Crippen molar-refractivity contribution in [2.75, 3.05) is 0 Å². The van der Waals surface area contributed by atoms with E-state index in [0.717, 1.165) is 5.56 Å². The average Bonchev–Trinajstić information content (AvgIpc) is 2.28. The van der Waals surface area contributed by atoms with Crippen LogP contribution in [0.25, 0.3) is 0 Å². The number of benzene rings is 1. The standard InChI is InChI=1S/C12H15FO3/c1-8(9-5-3-2-4-6-9)7-10(14)11(13)12(15)16/h2-6,8,10-11,14H,7H2,1H3,(H,15,16). The van der Waals surface area contributed by atoms with Gasteiger partial charge in [-0.15, -0.1) is 0 Å². The summed E-state index contributed by atoms with van der Waals surface area (Å²) in [5, 5.41) is 17.8. The number of halogens is 1. The first-order valence-electron chi connectivity index (χ1n) is 5.12. The third-order valence-corrected chi connectivity index (χ3v) is 2.54. The van der Waals surface area contributed by atoms with Crippen LogP contribution in [-0.4, -0.2) is 28.5 Å². The third-order valence-electron chi connectivity index (χ3n) is 2.54. The number of carbonyl (C=O) groups is 1. The lowest BCUT2D eigenvalue weighted by molar-refractivity contribution is -0.147. The summed E-state index contributed by atoms with van der Waals surface area (Å²) in [6.07, 6.45) is -3.59. The number of aliphatic hydroxyl groups is 1. The Hall–Kier alpha value is -1.42. The normalized spacial score (nSPS) is 16.4. The fourth-order valence-electron chi connectivity index (χ4n) is 1.56. The van der Waals surface area contributed by atoms with Gasteiger partial charge < -0.3 is 10.2 Å². The van der Waals surface area contributed by atoms with E-state index in [1.165, 1.54) is 0 Å². The summed E-state index contributed by atoms with van der Waals surface area (Å²) in [5.41, 5.74) is 0.958. The molecule has 0 heterocycles. The quantitative estimate of drug-likeness (QED) is 0.807. The molecule has 0 bridgehead atoms. The van der Waals surface area contributed by atoms with Gasteiger partial charge in [-0.3, -0.25) is 0 Å². The van der Waals surface area contributed by atoms with Gasteiger partial charge in [-0.25, -0.2) is 9.18 Å². The molecule has 0 aliphatic rings. The number of rotatable bonds is 5. The molecular weight excluding hydrogens is 211 g/mol. The van der Waals surface area contributed by atoms with Gasteiger partial charge in [0.1, 0.15) is 0 Å². The van der Waals surface area contributed by atoms with Gasteiger partial charge in [-0.2, -0.15) is 0 Å². The second-order valence-electron chi connectivity index (χ2n) is 3.85. The van der Waals surface area contributed by atoms with Crippen LogP contribution in [0.15, 0.2) is 30.3 Å². The summed E-state index contributed by atoms with van der Waals surface area (Å²) in [5.74, 6) is -1.69. The van der Waals surface area contributed by atoms with Crippen molar-refractivity contribution in [3.8, 4) is 0 Å². The lowest BCUT2D eigenvalue weighted by Crippen LogP contribution is -2.30. The molecule has 0 aliphatic carbocycles. The Morgan fingerprint density at radius 3 is 2.44 bits per heavy atom. The average molecular weight is 226 g/mol. The van der Waals surface area contributed by atoms with Gasteiger partial charge in [0.05, 0.1) is 6.10 Å². The van der Waals surface area contributed by atoms with Crippen LogP contribution in [0.4, 0.5) is 4.39 Å². The van der Waals surface area contributed by atoms with Gasteiger partial charge in [0, 0.05) is 0 Å². The van der Waals surface area contributed by atoms with Crippen molar-refractivity contribution in [3.63, 3.8) is 0 Å². The van der Waals surface area contributed by atoms with Gasteiger partial charge in [0.2, 0.25) is 6.17 Å². The van der Waals surface area contributed by atoms with E-state index in [1.807, 2.05) is 37.3 Å². The highest BCUT2D eigenvalue weighted by Gasteiger charge is 2.27. The van der Waals surface area contributed by atoms with E-state index in [9.17, 15) is 14.3 Å². The molecule has 0 fully saturated rings.